The van der Waals surface area contributed by atoms with Gasteiger partial charge in [-0.2, -0.15) is 0 Å². The van der Waals surface area contributed by atoms with Gasteiger partial charge in [-0.25, -0.2) is 0 Å². The molecule has 0 aliphatic rings. The lowest BCUT2D eigenvalue weighted by Crippen LogP contribution is -2.22. The Morgan fingerprint density at radius 1 is 1.29 bits per heavy atom. The van der Waals surface area contributed by atoms with Gasteiger partial charge in [0.25, 0.3) is 0 Å². The van der Waals surface area contributed by atoms with E-state index in [0.29, 0.717) is 6.42 Å². The summed E-state index contributed by atoms with van der Waals surface area (Å²) < 4.78 is 5.52. The maximum Gasteiger partial charge on any atom is 0.198 e. The van der Waals surface area contributed by atoms with Gasteiger partial charge in [0.1, 0.15) is 5.75 Å². The Morgan fingerprint density at radius 3 is 2.29 bits per heavy atom. The number of halogens is 1. The van der Waals surface area contributed by atoms with E-state index < -0.39 is 0 Å². The van der Waals surface area contributed by atoms with Crippen molar-refractivity contribution in [3.63, 3.8) is 0 Å². The zero-order valence-electron chi connectivity index (χ0n) is 11.1. The molecule has 0 unspecified atom stereocenters. The summed E-state index contributed by atoms with van der Waals surface area (Å²) in [4.78, 5) is 11.3. The fourth-order valence-electron chi connectivity index (χ4n) is 2.33. The Hall–Kier alpha value is -0.830. The van der Waals surface area contributed by atoms with E-state index in [1.54, 1.807) is 7.11 Å². The fourth-order valence-corrected chi connectivity index (χ4v) is 3.03. The van der Waals surface area contributed by atoms with Crippen LogP contribution in [0.25, 0.3) is 0 Å². The number of carbonyl (C=O) groups is 1. The number of hydrogen-bond acceptors (Lipinski definition) is 2. The third-order valence-electron chi connectivity index (χ3n) is 3.02. The number of aryl methyl sites for hydroxylation is 2. The van der Waals surface area contributed by atoms with Gasteiger partial charge >= 0.3 is 0 Å². The van der Waals surface area contributed by atoms with Crippen molar-refractivity contribution in [3.05, 3.63) is 28.8 Å². The minimum atomic E-state index is -0.234. The lowest BCUT2D eigenvalue weighted by atomic mass is 9.78. The molecule has 0 aromatic heterocycles. The van der Waals surface area contributed by atoms with Crippen LogP contribution >= 0.6 is 15.9 Å². The van der Waals surface area contributed by atoms with Gasteiger partial charge in [0.2, 0.25) is 0 Å². The molecule has 1 aromatic rings. The molecule has 0 N–H and O–H groups in total. The summed E-state index contributed by atoms with van der Waals surface area (Å²) in [7, 11) is 1.68. The SMILES string of the molecule is COc1c(C)ccc(C)c1C(C)(C)CC(=O)Br. The molecule has 0 bridgehead atoms. The van der Waals surface area contributed by atoms with Gasteiger partial charge < -0.3 is 4.74 Å². The number of hydrogen-bond donors (Lipinski definition) is 0. The van der Waals surface area contributed by atoms with Crippen LogP contribution in [0, 0.1) is 13.8 Å². The van der Waals surface area contributed by atoms with Crippen LogP contribution in [-0.4, -0.2) is 11.8 Å². The monoisotopic (exact) mass is 298 g/mol. The summed E-state index contributed by atoms with van der Waals surface area (Å²) in [6.07, 6.45) is 0.452. The van der Waals surface area contributed by atoms with E-state index in [2.05, 4.69) is 42.8 Å². The van der Waals surface area contributed by atoms with E-state index in [1.165, 1.54) is 0 Å². The van der Waals surface area contributed by atoms with Gasteiger partial charge in [0.05, 0.1) is 7.11 Å². The second-order valence-electron chi connectivity index (χ2n) is 5.02. The minimum absolute atomic E-state index is 0.0189. The van der Waals surface area contributed by atoms with E-state index in [4.69, 9.17) is 4.74 Å². The first kappa shape index (κ1) is 14.2. The van der Waals surface area contributed by atoms with Gasteiger partial charge in [0, 0.05) is 17.4 Å². The summed E-state index contributed by atoms with van der Waals surface area (Å²) >= 11 is 3.02. The van der Waals surface area contributed by atoms with Crippen LogP contribution in [0.5, 0.6) is 5.75 Å². The Labute approximate surface area is 111 Å². The van der Waals surface area contributed by atoms with Crippen molar-refractivity contribution in [3.8, 4) is 5.75 Å². The first-order chi connectivity index (χ1) is 7.79. The standard InChI is InChI=1S/C14H19BrO2/c1-9-6-7-10(2)13(17-5)12(9)14(3,4)8-11(15)16/h6-7H,8H2,1-5H3. The number of benzene rings is 1. The lowest BCUT2D eigenvalue weighted by Gasteiger charge is -2.28. The highest BCUT2D eigenvalue weighted by atomic mass is 79.9. The van der Waals surface area contributed by atoms with Gasteiger partial charge in [-0.3, -0.25) is 4.79 Å². The van der Waals surface area contributed by atoms with Gasteiger partial charge in [-0.15, -0.1) is 0 Å². The maximum absolute atomic E-state index is 11.3. The molecular weight excluding hydrogens is 280 g/mol. The molecule has 17 heavy (non-hydrogen) atoms. The van der Waals surface area contributed by atoms with Crippen LogP contribution in [-0.2, 0) is 10.2 Å². The number of ether oxygens (including phenoxy) is 1. The second-order valence-corrected chi connectivity index (χ2v) is 5.91. The van der Waals surface area contributed by atoms with E-state index in [1.807, 2.05) is 13.0 Å². The summed E-state index contributed by atoms with van der Waals surface area (Å²) in [6.45, 7) is 8.21. The van der Waals surface area contributed by atoms with Crippen LogP contribution in [0.2, 0.25) is 0 Å². The zero-order valence-corrected chi connectivity index (χ0v) is 12.6. The van der Waals surface area contributed by atoms with Crippen LogP contribution in [0.15, 0.2) is 12.1 Å². The molecule has 94 valence electrons. The molecule has 0 fully saturated rings. The number of carbonyl (C=O) groups excluding carboxylic acids is 1. The average molecular weight is 299 g/mol. The largest absolute Gasteiger partial charge is 0.496 e. The van der Waals surface area contributed by atoms with Gasteiger partial charge in [-0.1, -0.05) is 26.0 Å². The van der Waals surface area contributed by atoms with Crippen LogP contribution in [0.4, 0.5) is 0 Å². The molecule has 3 heteroatoms. The normalized spacial score (nSPS) is 11.4. The minimum Gasteiger partial charge on any atom is -0.496 e. The predicted octanol–water partition coefficient (Wildman–Crippen LogP) is 3.90. The summed E-state index contributed by atoms with van der Waals surface area (Å²) in [6, 6.07) is 4.12. The van der Waals surface area contributed by atoms with Crippen molar-refractivity contribution in [2.45, 2.75) is 39.5 Å². The molecule has 1 aromatic carbocycles. The Morgan fingerprint density at radius 2 is 1.82 bits per heavy atom. The molecule has 0 saturated carbocycles. The predicted molar refractivity (Wildman–Crippen MR) is 74.0 cm³/mol. The molecule has 0 saturated heterocycles. The molecule has 0 spiro atoms. The second kappa shape index (κ2) is 5.21. The summed E-state index contributed by atoms with van der Waals surface area (Å²) in [5.41, 5.74) is 3.14. The molecule has 0 amide bonds. The molecule has 0 aliphatic heterocycles. The average Bonchev–Trinajstić information content (AvgIpc) is 2.18. The van der Waals surface area contributed by atoms with Crippen molar-refractivity contribution in [1.29, 1.82) is 0 Å². The van der Waals surface area contributed by atoms with Crippen molar-refractivity contribution < 1.29 is 9.53 Å². The Bertz CT molecular complexity index is 436. The molecule has 0 heterocycles. The highest BCUT2D eigenvalue weighted by molar-refractivity contribution is 9.18. The molecule has 2 nitrogen and oxygen atoms in total. The van der Waals surface area contributed by atoms with E-state index in [0.717, 1.165) is 22.4 Å². The number of rotatable bonds is 4. The first-order valence-electron chi connectivity index (χ1n) is 5.62. The topological polar surface area (TPSA) is 26.3 Å². The Kier molecular flexibility index (Phi) is 4.36. The Balaban J connectivity index is 3.38. The van der Waals surface area contributed by atoms with E-state index >= 15 is 0 Å². The lowest BCUT2D eigenvalue weighted by molar-refractivity contribution is -0.111. The van der Waals surface area contributed by atoms with Crippen LogP contribution in [0.3, 0.4) is 0 Å². The fraction of sp³-hybridized carbons (Fsp3) is 0.500. The van der Waals surface area contributed by atoms with Gasteiger partial charge in [-0.05, 0) is 40.9 Å². The van der Waals surface area contributed by atoms with Crippen LogP contribution < -0.4 is 4.74 Å². The highest BCUT2D eigenvalue weighted by Crippen LogP contribution is 2.39. The molecule has 1 rings (SSSR count). The molecule has 0 atom stereocenters. The molecule has 0 radical (unpaired) electrons. The zero-order chi connectivity index (χ0) is 13.2. The van der Waals surface area contributed by atoms with Crippen LogP contribution in [0.1, 0.15) is 37.0 Å². The van der Waals surface area contributed by atoms with Crippen molar-refractivity contribution in [2.75, 3.05) is 7.11 Å². The highest BCUT2D eigenvalue weighted by Gasteiger charge is 2.29. The van der Waals surface area contributed by atoms with Crippen molar-refractivity contribution in [2.24, 2.45) is 0 Å². The summed E-state index contributed by atoms with van der Waals surface area (Å²) in [5, 5.41) is 0. The number of methoxy groups -OCH3 is 1. The smallest absolute Gasteiger partial charge is 0.198 e. The van der Waals surface area contributed by atoms with E-state index in [9.17, 15) is 4.79 Å². The van der Waals surface area contributed by atoms with Crippen molar-refractivity contribution >= 4 is 20.6 Å². The first-order valence-corrected chi connectivity index (χ1v) is 6.42. The molecule has 0 aliphatic carbocycles. The summed E-state index contributed by atoms with van der Waals surface area (Å²) in [5.74, 6) is 0.892. The quantitative estimate of drug-likeness (QED) is 0.788. The third-order valence-corrected chi connectivity index (χ3v) is 3.31. The third kappa shape index (κ3) is 3.09. The van der Waals surface area contributed by atoms with E-state index in [-0.39, 0.29) is 10.1 Å². The maximum atomic E-state index is 11.3. The molecular formula is C14H19BrO2. The van der Waals surface area contributed by atoms with Crippen molar-refractivity contribution in [1.82, 2.24) is 0 Å². The van der Waals surface area contributed by atoms with Gasteiger partial charge in [0.15, 0.2) is 4.69 Å².